The number of benzene rings is 2. The van der Waals surface area contributed by atoms with Crippen molar-refractivity contribution in [2.75, 3.05) is 7.11 Å². The molecule has 0 aliphatic rings. The van der Waals surface area contributed by atoms with Crippen molar-refractivity contribution in [3.63, 3.8) is 0 Å². The molecule has 0 amide bonds. The Bertz CT molecular complexity index is 555. The van der Waals surface area contributed by atoms with Crippen molar-refractivity contribution in [1.29, 1.82) is 0 Å². The molecule has 2 nitrogen and oxygen atoms in total. The average molecular weight is 273 g/mol. The van der Waals surface area contributed by atoms with Gasteiger partial charge in [0.1, 0.15) is 11.6 Å². The zero-order chi connectivity index (χ0) is 14.5. The summed E-state index contributed by atoms with van der Waals surface area (Å²) in [4.78, 5) is 0. The Morgan fingerprint density at radius 1 is 0.950 bits per heavy atom. The third-order valence-electron chi connectivity index (χ3n) is 3.31. The van der Waals surface area contributed by atoms with Crippen LogP contribution in [0, 0.1) is 19.7 Å². The Morgan fingerprint density at radius 2 is 1.50 bits per heavy atom. The molecule has 0 bridgehead atoms. The number of halogens is 1. The highest BCUT2D eigenvalue weighted by atomic mass is 19.1. The molecule has 2 rings (SSSR count). The van der Waals surface area contributed by atoms with Crippen LogP contribution in [-0.4, -0.2) is 7.11 Å². The SMILES string of the molecule is COc1ccc(CNCc2cc(C)c(F)c(C)c2)cc1. The molecule has 0 fully saturated rings. The Morgan fingerprint density at radius 3 is 2.05 bits per heavy atom. The lowest BCUT2D eigenvalue weighted by atomic mass is 10.1. The fourth-order valence-corrected chi connectivity index (χ4v) is 2.23. The summed E-state index contributed by atoms with van der Waals surface area (Å²) < 4.78 is 18.7. The second-order valence-electron chi connectivity index (χ2n) is 5.00. The molecule has 1 N–H and O–H groups in total. The van der Waals surface area contributed by atoms with Crippen molar-refractivity contribution < 1.29 is 9.13 Å². The van der Waals surface area contributed by atoms with Crippen molar-refractivity contribution in [3.8, 4) is 5.75 Å². The van der Waals surface area contributed by atoms with Crippen LogP contribution in [-0.2, 0) is 13.1 Å². The zero-order valence-electron chi connectivity index (χ0n) is 12.2. The number of rotatable bonds is 5. The largest absolute Gasteiger partial charge is 0.497 e. The highest BCUT2D eigenvalue weighted by Crippen LogP contribution is 2.15. The fourth-order valence-electron chi connectivity index (χ4n) is 2.23. The molecule has 2 aromatic carbocycles. The Kier molecular flexibility index (Phi) is 4.74. The van der Waals surface area contributed by atoms with Gasteiger partial charge in [-0.05, 0) is 48.2 Å². The minimum Gasteiger partial charge on any atom is -0.497 e. The molecule has 0 atom stereocenters. The Labute approximate surface area is 119 Å². The molecule has 0 spiro atoms. The fraction of sp³-hybridized carbons (Fsp3) is 0.294. The molecule has 0 aliphatic heterocycles. The van der Waals surface area contributed by atoms with Crippen LogP contribution in [0.1, 0.15) is 22.3 Å². The summed E-state index contributed by atoms with van der Waals surface area (Å²) in [6.45, 7) is 5.11. The smallest absolute Gasteiger partial charge is 0.129 e. The van der Waals surface area contributed by atoms with Crippen LogP contribution in [0.15, 0.2) is 36.4 Å². The average Bonchev–Trinajstić information content (AvgIpc) is 2.45. The summed E-state index contributed by atoms with van der Waals surface area (Å²) in [5, 5.41) is 3.37. The van der Waals surface area contributed by atoms with E-state index in [9.17, 15) is 4.39 Å². The first-order chi connectivity index (χ1) is 9.60. The maximum absolute atomic E-state index is 13.5. The summed E-state index contributed by atoms with van der Waals surface area (Å²) in [5.41, 5.74) is 3.70. The normalized spacial score (nSPS) is 10.6. The lowest BCUT2D eigenvalue weighted by molar-refractivity contribution is 0.414. The van der Waals surface area contributed by atoms with E-state index in [0.29, 0.717) is 11.1 Å². The summed E-state index contributed by atoms with van der Waals surface area (Å²) in [6, 6.07) is 11.7. The third kappa shape index (κ3) is 3.58. The van der Waals surface area contributed by atoms with Crippen LogP contribution in [0.25, 0.3) is 0 Å². The molecular formula is C17H20FNO. The number of ether oxygens (including phenoxy) is 1. The molecule has 3 heteroatoms. The highest BCUT2D eigenvalue weighted by Gasteiger charge is 2.04. The van der Waals surface area contributed by atoms with Gasteiger partial charge in [0, 0.05) is 13.1 Å². The van der Waals surface area contributed by atoms with Gasteiger partial charge in [0.25, 0.3) is 0 Å². The number of hydrogen-bond acceptors (Lipinski definition) is 2. The highest BCUT2D eigenvalue weighted by molar-refractivity contribution is 5.30. The van der Waals surface area contributed by atoms with Crippen molar-refractivity contribution in [1.82, 2.24) is 5.32 Å². The Balaban J connectivity index is 1.92. The third-order valence-corrected chi connectivity index (χ3v) is 3.31. The molecular weight excluding hydrogens is 253 g/mol. The van der Waals surface area contributed by atoms with Gasteiger partial charge in [-0.25, -0.2) is 4.39 Å². The van der Waals surface area contributed by atoms with E-state index in [1.165, 1.54) is 5.56 Å². The first kappa shape index (κ1) is 14.5. The maximum atomic E-state index is 13.5. The minimum atomic E-state index is -0.107. The van der Waals surface area contributed by atoms with E-state index in [1.54, 1.807) is 21.0 Å². The molecule has 0 aromatic heterocycles. The zero-order valence-corrected chi connectivity index (χ0v) is 12.2. The van der Waals surface area contributed by atoms with Crippen LogP contribution < -0.4 is 10.1 Å². The maximum Gasteiger partial charge on any atom is 0.129 e. The number of hydrogen-bond donors (Lipinski definition) is 1. The summed E-state index contributed by atoms with van der Waals surface area (Å²) >= 11 is 0. The van der Waals surface area contributed by atoms with Crippen LogP contribution in [0.4, 0.5) is 4.39 Å². The topological polar surface area (TPSA) is 21.3 Å². The number of methoxy groups -OCH3 is 1. The first-order valence-electron chi connectivity index (χ1n) is 6.69. The van der Waals surface area contributed by atoms with Gasteiger partial charge in [-0.2, -0.15) is 0 Å². The lowest BCUT2D eigenvalue weighted by Crippen LogP contribution is -2.13. The molecule has 20 heavy (non-hydrogen) atoms. The van der Waals surface area contributed by atoms with Crippen molar-refractivity contribution in [3.05, 3.63) is 64.5 Å². The summed E-state index contributed by atoms with van der Waals surface area (Å²) in [7, 11) is 1.66. The van der Waals surface area contributed by atoms with Crippen molar-refractivity contribution in [2.45, 2.75) is 26.9 Å². The van der Waals surface area contributed by atoms with Gasteiger partial charge in [0.15, 0.2) is 0 Å². The molecule has 0 radical (unpaired) electrons. The van der Waals surface area contributed by atoms with E-state index < -0.39 is 0 Å². The van der Waals surface area contributed by atoms with Gasteiger partial charge >= 0.3 is 0 Å². The van der Waals surface area contributed by atoms with E-state index in [-0.39, 0.29) is 5.82 Å². The van der Waals surface area contributed by atoms with Crippen LogP contribution in [0.2, 0.25) is 0 Å². The minimum absolute atomic E-state index is 0.107. The van der Waals surface area contributed by atoms with E-state index in [2.05, 4.69) is 5.32 Å². The second kappa shape index (κ2) is 6.53. The van der Waals surface area contributed by atoms with Gasteiger partial charge in [-0.3, -0.25) is 0 Å². The molecule has 2 aromatic rings. The summed E-state index contributed by atoms with van der Waals surface area (Å²) in [6.07, 6.45) is 0. The van der Waals surface area contributed by atoms with Gasteiger partial charge in [-0.15, -0.1) is 0 Å². The van der Waals surface area contributed by atoms with Gasteiger partial charge in [0.2, 0.25) is 0 Å². The number of nitrogens with one attached hydrogen (secondary N) is 1. The van der Waals surface area contributed by atoms with Gasteiger partial charge in [0.05, 0.1) is 7.11 Å². The quantitative estimate of drug-likeness (QED) is 0.896. The predicted octanol–water partition coefficient (Wildman–Crippen LogP) is 3.74. The van der Waals surface area contributed by atoms with Crippen molar-refractivity contribution >= 4 is 0 Å². The molecule has 0 unspecified atom stereocenters. The van der Waals surface area contributed by atoms with Crippen molar-refractivity contribution in [2.24, 2.45) is 0 Å². The van der Waals surface area contributed by atoms with Gasteiger partial charge < -0.3 is 10.1 Å². The molecule has 0 saturated carbocycles. The predicted molar refractivity (Wildman–Crippen MR) is 79.4 cm³/mol. The van der Waals surface area contributed by atoms with E-state index in [4.69, 9.17) is 4.74 Å². The standard InChI is InChI=1S/C17H20FNO/c1-12-8-15(9-13(2)17(12)18)11-19-10-14-4-6-16(20-3)7-5-14/h4-9,19H,10-11H2,1-3H3. The molecule has 0 heterocycles. The van der Waals surface area contributed by atoms with Gasteiger partial charge in [-0.1, -0.05) is 24.3 Å². The summed E-state index contributed by atoms with van der Waals surface area (Å²) in [5.74, 6) is 0.752. The van der Waals surface area contributed by atoms with Crippen LogP contribution in [0.5, 0.6) is 5.75 Å². The second-order valence-corrected chi connectivity index (χ2v) is 5.00. The van der Waals surface area contributed by atoms with E-state index >= 15 is 0 Å². The lowest BCUT2D eigenvalue weighted by Gasteiger charge is -2.09. The first-order valence-corrected chi connectivity index (χ1v) is 6.69. The van der Waals surface area contributed by atoms with E-state index in [0.717, 1.165) is 24.4 Å². The Hall–Kier alpha value is -1.87. The van der Waals surface area contributed by atoms with Crippen LogP contribution >= 0.6 is 0 Å². The van der Waals surface area contributed by atoms with E-state index in [1.807, 2.05) is 36.4 Å². The molecule has 0 aliphatic carbocycles. The van der Waals surface area contributed by atoms with Crippen LogP contribution in [0.3, 0.4) is 0 Å². The molecule has 106 valence electrons. The number of aryl methyl sites for hydroxylation is 2. The monoisotopic (exact) mass is 273 g/mol. The molecule has 0 saturated heterocycles.